The third kappa shape index (κ3) is 2.53. The fourth-order valence-corrected chi connectivity index (χ4v) is 4.30. The Morgan fingerprint density at radius 1 is 1.26 bits per heavy atom. The van der Waals surface area contributed by atoms with E-state index in [4.69, 9.17) is 0 Å². The Kier molecular flexibility index (Phi) is 3.80. The van der Waals surface area contributed by atoms with Gasteiger partial charge in [-0.25, -0.2) is 0 Å². The average Bonchev–Trinajstić information content (AvgIpc) is 2.89. The maximum absolute atomic E-state index is 3.60. The fourth-order valence-electron chi connectivity index (χ4n) is 3.63. The molecule has 0 aromatic heterocycles. The molecule has 2 atom stereocenters. The van der Waals surface area contributed by atoms with Crippen LogP contribution < -0.4 is 5.32 Å². The van der Waals surface area contributed by atoms with E-state index in [-0.39, 0.29) is 0 Å². The average molecular weight is 388 g/mol. The molecule has 19 heavy (non-hydrogen) atoms. The quantitative estimate of drug-likeness (QED) is 0.833. The third-order valence-electron chi connectivity index (χ3n) is 4.87. The summed E-state index contributed by atoms with van der Waals surface area (Å²) in [6, 6.07) is 6.58. The van der Waals surface area contributed by atoms with Crippen molar-refractivity contribution < 1.29 is 0 Å². The molecule has 0 amide bonds. The highest BCUT2D eigenvalue weighted by Gasteiger charge is 2.49. The molecule has 1 aromatic carbocycles. The molecule has 104 valence electrons. The number of hydrogen-bond acceptors (Lipinski definition) is 2. The van der Waals surface area contributed by atoms with Crippen molar-refractivity contribution in [2.45, 2.75) is 25.9 Å². The molecule has 0 radical (unpaired) electrons. The Bertz CT molecular complexity index is 487. The van der Waals surface area contributed by atoms with Crippen LogP contribution in [-0.4, -0.2) is 30.1 Å². The van der Waals surface area contributed by atoms with Crippen molar-refractivity contribution in [3.63, 3.8) is 0 Å². The van der Waals surface area contributed by atoms with Crippen molar-refractivity contribution in [2.24, 2.45) is 11.8 Å². The largest absolute Gasteiger partial charge is 0.316 e. The van der Waals surface area contributed by atoms with E-state index in [2.05, 4.69) is 74.1 Å². The van der Waals surface area contributed by atoms with Crippen molar-refractivity contribution >= 4 is 31.9 Å². The first kappa shape index (κ1) is 14.1. The number of fused-ring (bicyclic) bond motifs is 1. The zero-order valence-corrected chi connectivity index (χ0v) is 14.6. The van der Waals surface area contributed by atoms with Crippen molar-refractivity contribution in [1.29, 1.82) is 0 Å². The van der Waals surface area contributed by atoms with Gasteiger partial charge in [-0.05, 0) is 81.8 Å². The topological polar surface area (TPSA) is 15.3 Å². The summed E-state index contributed by atoms with van der Waals surface area (Å²) in [6.45, 7) is 9.44. The van der Waals surface area contributed by atoms with Gasteiger partial charge in [0.15, 0.2) is 0 Å². The minimum Gasteiger partial charge on any atom is -0.316 e. The molecule has 1 aromatic rings. The van der Waals surface area contributed by atoms with Gasteiger partial charge in [-0.15, -0.1) is 0 Å². The Balaban J connectivity index is 1.78. The number of likely N-dealkylation sites (tertiary alicyclic amines) is 1. The van der Waals surface area contributed by atoms with E-state index in [1.54, 1.807) is 0 Å². The molecule has 2 saturated heterocycles. The first-order chi connectivity index (χ1) is 8.98. The van der Waals surface area contributed by atoms with Gasteiger partial charge in [-0.3, -0.25) is 4.90 Å². The SMILES string of the molecule is CC1(C)C2CNCC2CN1Cc1ccc(Br)c(Br)c1. The molecule has 2 unspecified atom stereocenters. The highest BCUT2D eigenvalue weighted by Crippen LogP contribution is 2.41. The number of rotatable bonds is 2. The van der Waals surface area contributed by atoms with E-state index in [9.17, 15) is 0 Å². The van der Waals surface area contributed by atoms with Gasteiger partial charge in [-0.1, -0.05) is 6.07 Å². The van der Waals surface area contributed by atoms with E-state index in [0.29, 0.717) is 5.54 Å². The van der Waals surface area contributed by atoms with Crippen molar-refractivity contribution in [3.05, 3.63) is 32.7 Å². The predicted molar refractivity (Wildman–Crippen MR) is 86.2 cm³/mol. The van der Waals surface area contributed by atoms with Crippen LogP contribution in [0.25, 0.3) is 0 Å². The number of halogens is 2. The summed E-state index contributed by atoms with van der Waals surface area (Å²) in [5, 5.41) is 3.54. The lowest BCUT2D eigenvalue weighted by Gasteiger charge is -2.35. The Morgan fingerprint density at radius 3 is 2.74 bits per heavy atom. The lowest BCUT2D eigenvalue weighted by atomic mass is 9.85. The summed E-state index contributed by atoms with van der Waals surface area (Å²) < 4.78 is 2.27. The monoisotopic (exact) mass is 386 g/mol. The molecule has 2 aliphatic rings. The second-order valence-electron chi connectivity index (χ2n) is 6.31. The number of nitrogens with zero attached hydrogens (tertiary/aromatic N) is 1. The van der Waals surface area contributed by atoms with Crippen LogP contribution in [0.15, 0.2) is 27.1 Å². The van der Waals surface area contributed by atoms with Crippen LogP contribution in [0, 0.1) is 11.8 Å². The summed E-state index contributed by atoms with van der Waals surface area (Å²) >= 11 is 7.13. The molecule has 4 heteroatoms. The van der Waals surface area contributed by atoms with Crippen LogP contribution in [0.2, 0.25) is 0 Å². The fraction of sp³-hybridized carbons (Fsp3) is 0.600. The summed E-state index contributed by atoms with van der Waals surface area (Å²) in [6.07, 6.45) is 0. The Morgan fingerprint density at radius 2 is 2.05 bits per heavy atom. The smallest absolute Gasteiger partial charge is 0.0320 e. The Hall–Kier alpha value is 0.1000. The molecule has 3 rings (SSSR count). The number of hydrogen-bond donors (Lipinski definition) is 1. The second-order valence-corrected chi connectivity index (χ2v) is 8.02. The lowest BCUT2D eigenvalue weighted by molar-refractivity contribution is 0.132. The van der Waals surface area contributed by atoms with E-state index in [1.165, 1.54) is 25.2 Å². The maximum atomic E-state index is 3.60. The zero-order chi connectivity index (χ0) is 13.6. The molecule has 0 aliphatic carbocycles. The highest BCUT2D eigenvalue weighted by molar-refractivity contribution is 9.13. The minimum absolute atomic E-state index is 0.299. The minimum atomic E-state index is 0.299. The van der Waals surface area contributed by atoms with Crippen molar-refractivity contribution in [3.8, 4) is 0 Å². The van der Waals surface area contributed by atoms with Gasteiger partial charge < -0.3 is 5.32 Å². The molecule has 2 fully saturated rings. The van der Waals surface area contributed by atoms with E-state index in [0.717, 1.165) is 27.3 Å². The van der Waals surface area contributed by atoms with Gasteiger partial charge in [0.25, 0.3) is 0 Å². The number of benzene rings is 1. The van der Waals surface area contributed by atoms with Crippen LogP contribution in [0.3, 0.4) is 0 Å². The molecule has 0 bridgehead atoms. The summed E-state index contributed by atoms with van der Waals surface area (Å²) in [7, 11) is 0. The normalized spacial score (nSPS) is 29.7. The van der Waals surface area contributed by atoms with Gasteiger partial charge in [0.2, 0.25) is 0 Å². The molecule has 0 saturated carbocycles. The van der Waals surface area contributed by atoms with Crippen LogP contribution in [0.5, 0.6) is 0 Å². The van der Waals surface area contributed by atoms with E-state index < -0.39 is 0 Å². The molecule has 2 nitrogen and oxygen atoms in total. The first-order valence-corrected chi connectivity index (χ1v) is 8.47. The van der Waals surface area contributed by atoms with Gasteiger partial charge in [0.05, 0.1) is 0 Å². The van der Waals surface area contributed by atoms with Crippen LogP contribution >= 0.6 is 31.9 Å². The molecule has 0 spiro atoms. The van der Waals surface area contributed by atoms with Crippen LogP contribution in [0.1, 0.15) is 19.4 Å². The third-order valence-corrected chi connectivity index (χ3v) is 6.75. The predicted octanol–water partition coefficient (Wildman–Crippen LogP) is 3.64. The molecule has 1 N–H and O–H groups in total. The molecule has 2 heterocycles. The van der Waals surface area contributed by atoms with Gasteiger partial charge in [-0.2, -0.15) is 0 Å². The summed E-state index contributed by atoms with van der Waals surface area (Å²) in [5.74, 6) is 1.63. The van der Waals surface area contributed by atoms with Crippen LogP contribution in [0.4, 0.5) is 0 Å². The van der Waals surface area contributed by atoms with Crippen LogP contribution in [-0.2, 0) is 6.54 Å². The van der Waals surface area contributed by atoms with E-state index in [1.807, 2.05) is 0 Å². The van der Waals surface area contributed by atoms with Crippen molar-refractivity contribution in [2.75, 3.05) is 19.6 Å². The van der Waals surface area contributed by atoms with Gasteiger partial charge in [0, 0.05) is 34.1 Å². The second kappa shape index (κ2) is 5.14. The molecular weight excluding hydrogens is 368 g/mol. The number of nitrogens with one attached hydrogen (secondary N) is 1. The highest BCUT2D eigenvalue weighted by atomic mass is 79.9. The summed E-state index contributed by atoms with van der Waals surface area (Å²) in [4.78, 5) is 2.65. The summed E-state index contributed by atoms with van der Waals surface area (Å²) in [5.41, 5.74) is 1.68. The van der Waals surface area contributed by atoms with Crippen molar-refractivity contribution in [1.82, 2.24) is 10.2 Å². The van der Waals surface area contributed by atoms with Gasteiger partial charge >= 0.3 is 0 Å². The van der Waals surface area contributed by atoms with E-state index >= 15 is 0 Å². The Labute approximate surface area is 132 Å². The molecule has 2 aliphatic heterocycles. The first-order valence-electron chi connectivity index (χ1n) is 6.88. The maximum Gasteiger partial charge on any atom is 0.0320 e. The zero-order valence-electron chi connectivity index (χ0n) is 11.4. The lowest BCUT2D eigenvalue weighted by Crippen LogP contribution is -2.43. The standard InChI is InChI=1S/C15H20Br2N2/c1-15(2)12-7-18-6-11(12)9-19(15)8-10-3-4-13(16)14(17)5-10/h3-5,11-12,18H,6-9H2,1-2H3. The molecular formula is C15H20Br2N2. The van der Waals surface area contributed by atoms with Gasteiger partial charge in [0.1, 0.15) is 0 Å².